The molecule has 2 heterocycles. The second-order valence-electron chi connectivity index (χ2n) is 5.31. The van der Waals surface area contributed by atoms with Crippen LogP contribution in [0.4, 0.5) is 0 Å². The lowest BCUT2D eigenvalue weighted by Gasteiger charge is -2.11. The first-order valence-electron chi connectivity index (χ1n) is 8.36. The van der Waals surface area contributed by atoms with Crippen molar-refractivity contribution >= 4 is 29.9 Å². The SMILES string of the molecule is CCNC(=NCc1nnc2n1CCCCC2)NCCOCC.I. The van der Waals surface area contributed by atoms with Gasteiger partial charge in [-0.05, 0) is 26.7 Å². The third kappa shape index (κ3) is 6.62. The number of aryl methyl sites for hydroxylation is 1. The number of nitrogens with one attached hydrogen (secondary N) is 2. The molecule has 0 saturated heterocycles. The standard InChI is InChI=1S/C15H28N6O.HI/c1-3-16-15(17-9-11-22-4-2)18-12-14-20-19-13-8-6-5-7-10-21(13)14;/h3-12H2,1-2H3,(H2,16,17,18);1H. The van der Waals surface area contributed by atoms with Crippen molar-refractivity contribution in [1.82, 2.24) is 25.4 Å². The quantitative estimate of drug-likeness (QED) is 0.295. The molecule has 0 bridgehead atoms. The predicted molar refractivity (Wildman–Crippen MR) is 102 cm³/mol. The van der Waals surface area contributed by atoms with E-state index in [1.54, 1.807) is 0 Å². The van der Waals surface area contributed by atoms with Gasteiger partial charge >= 0.3 is 0 Å². The molecule has 7 nitrogen and oxygen atoms in total. The Hall–Kier alpha value is -0.900. The number of halogens is 1. The Morgan fingerprint density at radius 2 is 2.09 bits per heavy atom. The van der Waals surface area contributed by atoms with Crippen LogP contribution in [0.15, 0.2) is 4.99 Å². The highest BCUT2D eigenvalue weighted by Crippen LogP contribution is 2.14. The Balaban J connectivity index is 0.00000264. The molecule has 0 atom stereocenters. The fourth-order valence-electron chi connectivity index (χ4n) is 2.54. The van der Waals surface area contributed by atoms with E-state index in [2.05, 4.69) is 37.3 Å². The first-order valence-corrected chi connectivity index (χ1v) is 8.36. The molecule has 8 heteroatoms. The van der Waals surface area contributed by atoms with Crippen LogP contribution in [0.2, 0.25) is 0 Å². The van der Waals surface area contributed by atoms with Gasteiger partial charge in [-0.2, -0.15) is 0 Å². The van der Waals surface area contributed by atoms with Gasteiger partial charge in [0.05, 0.1) is 6.61 Å². The Morgan fingerprint density at radius 1 is 1.22 bits per heavy atom. The Labute approximate surface area is 155 Å². The largest absolute Gasteiger partial charge is 0.380 e. The minimum Gasteiger partial charge on any atom is -0.380 e. The fourth-order valence-corrected chi connectivity index (χ4v) is 2.54. The van der Waals surface area contributed by atoms with Crippen molar-refractivity contribution in [3.63, 3.8) is 0 Å². The van der Waals surface area contributed by atoms with E-state index in [0.717, 1.165) is 50.3 Å². The molecule has 1 aromatic rings. The van der Waals surface area contributed by atoms with Gasteiger partial charge in [0, 0.05) is 32.7 Å². The second-order valence-corrected chi connectivity index (χ2v) is 5.31. The summed E-state index contributed by atoms with van der Waals surface area (Å²) in [5.41, 5.74) is 0. The van der Waals surface area contributed by atoms with Gasteiger partial charge in [0.15, 0.2) is 11.8 Å². The molecule has 0 aliphatic carbocycles. The minimum absolute atomic E-state index is 0. The third-order valence-corrected chi connectivity index (χ3v) is 3.65. The van der Waals surface area contributed by atoms with E-state index in [4.69, 9.17) is 4.74 Å². The summed E-state index contributed by atoms with van der Waals surface area (Å²) in [6, 6.07) is 0. The molecule has 2 rings (SSSR count). The van der Waals surface area contributed by atoms with E-state index in [0.29, 0.717) is 13.2 Å². The minimum atomic E-state index is 0. The van der Waals surface area contributed by atoms with Gasteiger partial charge in [-0.25, -0.2) is 4.99 Å². The van der Waals surface area contributed by atoms with Crippen LogP contribution in [0.25, 0.3) is 0 Å². The normalized spacial score (nSPS) is 14.6. The number of aliphatic imine (C=N–C) groups is 1. The molecule has 0 radical (unpaired) electrons. The topological polar surface area (TPSA) is 76.4 Å². The van der Waals surface area contributed by atoms with Gasteiger partial charge < -0.3 is 19.9 Å². The molecule has 1 aliphatic heterocycles. The van der Waals surface area contributed by atoms with Crippen molar-refractivity contribution in [1.29, 1.82) is 0 Å². The molecule has 0 saturated carbocycles. The first-order chi connectivity index (χ1) is 10.8. The van der Waals surface area contributed by atoms with Gasteiger partial charge in [-0.1, -0.05) is 6.42 Å². The summed E-state index contributed by atoms with van der Waals surface area (Å²) in [5.74, 6) is 2.86. The Morgan fingerprint density at radius 3 is 2.87 bits per heavy atom. The molecule has 0 spiro atoms. The summed E-state index contributed by atoms with van der Waals surface area (Å²) in [7, 11) is 0. The van der Waals surface area contributed by atoms with Crippen molar-refractivity contribution < 1.29 is 4.74 Å². The number of nitrogens with zero attached hydrogens (tertiary/aromatic N) is 4. The zero-order valence-electron chi connectivity index (χ0n) is 14.2. The Bertz CT molecular complexity index is 477. The van der Waals surface area contributed by atoms with Crippen LogP contribution in [0, 0.1) is 0 Å². The van der Waals surface area contributed by atoms with Crippen molar-refractivity contribution in [2.24, 2.45) is 4.99 Å². The van der Waals surface area contributed by atoms with E-state index in [9.17, 15) is 0 Å². The van der Waals surface area contributed by atoms with Crippen molar-refractivity contribution in [3.8, 4) is 0 Å². The molecule has 0 unspecified atom stereocenters. The van der Waals surface area contributed by atoms with Gasteiger partial charge in [0.1, 0.15) is 12.4 Å². The number of aromatic nitrogens is 3. The summed E-state index contributed by atoms with van der Waals surface area (Å²) in [6.07, 6.45) is 4.72. The van der Waals surface area contributed by atoms with Gasteiger partial charge in [0.25, 0.3) is 0 Å². The Kier molecular flexibility index (Phi) is 10.2. The maximum Gasteiger partial charge on any atom is 0.191 e. The van der Waals surface area contributed by atoms with Crippen LogP contribution in [0.1, 0.15) is 44.8 Å². The van der Waals surface area contributed by atoms with Crippen LogP contribution in [0.5, 0.6) is 0 Å². The zero-order valence-corrected chi connectivity index (χ0v) is 16.5. The molecule has 1 aromatic heterocycles. The van der Waals surface area contributed by atoms with Gasteiger partial charge in [-0.15, -0.1) is 34.2 Å². The van der Waals surface area contributed by atoms with Crippen LogP contribution in [-0.2, 0) is 24.2 Å². The van der Waals surface area contributed by atoms with Crippen molar-refractivity contribution in [2.45, 2.75) is 52.6 Å². The van der Waals surface area contributed by atoms with E-state index in [1.165, 1.54) is 19.3 Å². The van der Waals surface area contributed by atoms with Crippen LogP contribution in [-0.4, -0.2) is 47.0 Å². The summed E-state index contributed by atoms with van der Waals surface area (Å²) in [4.78, 5) is 4.61. The van der Waals surface area contributed by atoms with Gasteiger partial charge in [0.2, 0.25) is 0 Å². The van der Waals surface area contributed by atoms with Crippen molar-refractivity contribution in [3.05, 3.63) is 11.6 Å². The van der Waals surface area contributed by atoms with Crippen LogP contribution in [0.3, 0.4) is 0 Å². The molecular weight excluding hydrogens is 407 g/mol. The number of ether oxygens (including phenoxy) is 1. The maximum atomic E-state index is 5.33. The number of hydrogen-bond acceptors (Lipinski definition) is 4. The second kappa shape index (κ2) is 11.6. The van der Waals surface area contributed by atoms with Crippen LogP contribution >= 0.6 is 24.0 Å². The maximum absolute atomic E-state index is 5.33. The highest BCUT2D eigenvalue weighted by Gasteiger charge is 2.14. The highest BCUT2D eigenvalue weighted by atomic mass is 127. The van der Waals surface area contributed by atoms with E-state index < -0.39 is 0 Å². The zero-order chi connectivity index (χ0) is 15.6. The summed E-state index contributed by atoms with van der Waals surface area (Å²) < 4.78 is 7.57. The fraction of sp³-hybridized carbons (Fsp3) is 0.800. The molecule has 0 amide bonds. The molecular formula is C15H29IN6O. The number of guanidine groups is 1. The van der Waals surface area contributed by atoms with Gasteiger partial charge in [-0.3, -0.25) is 0 Å². The monoisotopic (exact) mass is 436 g/mol. The molecule has 23 heavy (non-hydrogen) atoms. The number of hydrogen-bond donors (Lipinski definition) is 2. The molecule has 132 valence electrons. The average molecular weight is 436 g/mol. The first kappa shape index (κ1) is 20.1. The number of rotatable bonds is 7. The lowest BCUT2D eigenvalue weighted by Crippen LogP contribution is -2.39. The van der Waals surface area contributed by atoms with E-state index >= 15 is 0 Å². The lowest BCUT2D eigenvalue weighted by molar-refractivity contribution is 0.152. The molecule has 2 N–H and O–H groups in total. The predicted octanol–water partition coefficient (Wildman–Crippen LogP) is 1.71. The molecule has 1 aliphatic rings. The van der Waals surface area contributed by atoms with E-state index in [-0.39, 0.29) is 24.0 Å². The number of fused-ring (bicyclic) bond motifs is 1. The molecule has 0 aromatic carbocycles. The average Bonchev–Trinajstić information content (AvgIpc) is 2.76. The molecule has 0 fully saturated rings. The van der Waals surface area contributed by atoms with Crippen LogP contribution < -0.4 is 10.6 Å². The lowest BCUT2D eigenvalue weighted by atomic mass is 10.2. The third-order valence-electron chi connectivity index (χ3n) is 3.65. The summed E-state index contributed by atoms with van der Waals surface area (Å²) >= 11 is 0. The summed E-state index contributed by atoms with van der Waals surface area (Å²) in [6.45, 7) is 8.62. The smallest absolute Gasteiger partial charge is 0.191 e. The highest BCUT2D eigenvalue weighted by molar-refractivity contribution is 14.0. The summed E-state index contributed by atoms with van der Waals surface area (Å²) in [5, 5.41) is 15.1. The van der Waals surface area contributed by atoms with E-state index in [1.807, 2.05) is 6.92 Å². The van der Waals surface area contributed by atoms with Crippen molar-refractivity contribution in [2.75, 3.05) is 26.3 Å².